The summed E-state index contributed by atoms with van der Waals surface area (Å²) in [5.41, 5.74) is 4.72. The molecule has 0 aromatic heterocycles. The standard InChI is InChI=1S/C16H16O/c1-9-4-12-6-10(2)7-14-15(12)13(5-9)8-11(3)16(14)17/h4-7,11H,8H2,1-3H3. The monoisotopic (exact) mass is 224 g/mol. The molecule has 1 unspecified atom stereocenters. The van der Waals surface area contributed by atoms with E-state index in [2.05, 4.69) is 32.0 Å². The number of ketones is 1. The number of aryl methyl sites for hydroxylation is 2. The Labute approximate surface area is 101 Å². The predicted molar refractivity (Wildman–Crippen MR) is 70.6 cm³/mol. The second-order valence-corrected chi connectivity index (χ2v) is 5.30. The van der Waals surface area contributed by atoms with E-state index in [0.29, 0.717) is 5.78 Å². The van der Waals surface area contributed by atoms with Crippen molar-refractivity contribution in [3.05, 3.63) is 46.5 Å². The summed E-state index contributed by atoms with van der Waals surface area (Å²) < 4.78 is 0. The molecule has 0 spiro atoms. The Hall–Kier alpha value is -1.63. The number of rotatable bonds is 0. The fraction of sp³-hybridized carbons (Fsp3) is 0.312. The van der Waals surface area contributed by atoms with E-state index in [9.17, 15) is 4.79 Å². The first-order valence-corrected chi connectivity index (χ1v) is 6.14. The average molecular weight is 224 g/mol. The van der Waals surface area contributed by atoms with Crippen LogP contribution in [0.3, 0.4) is 0 Å². The van der Waals surface area contributed by atoms with Gasteiger partial charge in [-0.3, -0.25) is 4.79 Å². The molecule has 2 aromatic carbocycles. The number of benzene rings is 2. The van der Waals surface area contributed by atoms with Gasteiger partial charge in [-0.25, -0.2) is 0 Å². The molecule has 1 atom stereocenters. The van der Waals surface area contributed by atoms with Crippen molar-refractivity contribution in [3.8, 4) is 0 Å². The molecule has 1 nitrogen and oxygen atoms in total. The highest BCUT2D eigenvalue weighted by Gasteiger charge is 2.25. The third-order valence-corrected chi connectivity index (χ3v) is 3.66. The zero-order valence-corrected chi connectivity index (χ0v) is 10.5. The number of carbonyl (C=O) groups is 1. The van der Waals surface area contributed by atoms with Crippen LogP contribution in [0.25, 0.3) is 10.8 Å². The van der Waals surface area contributed by atoms with Crippen molar-refractivity contribution in [1.82, 2.24) is 0 Å². The Kier molecular flexibility index (Phi) is 2.12. The summed E-state index contributed by atoms with van der Waals surface area (Å²) in [6.45, 7) is 6.21. The molecule has 0 bridgehead atoms. The Bertz CT molecular complexity index is 632. The lowest BCUT2D eigenvalue weighted by Crippen LogP contribution is -2.20. The van der Waals surface area contributed by atoms with E-state index in [0.717, 1.165) is 12.0 Å². The number of carbonyl (C=O) groups excluding carboxylic acids is 1. The molecule has 1 aliphatic rings. The van der Waals surface area contributed by atoms with Crippen molar-refractivity contribution in [2.75, 3.05) is 0 Å². The maximum Gasteiger partial charge on any atom is 0.166 e. The summed E-state index contributed by atoms with van der Waals surface area (Å²) in [6, 6.07) is 8.63. The molecule has 0 radical (unpaired) electrons. The molecule has 17 heavy (non-hydrogen) atoms. The minimum absolute atomic E-state index is 0.120. The van der Waals surface area contributed by atoms with Crippen LogP contribution >= 0.6 is 0 Å². The van der Waals surface area contributed by atoms with Crippen molar-refractivity contribution in [1.29, 1.82) is 0 Å². The highest BCUT2D eigenvalue weighted by atomic mass is 16.1. The van der Waals surface area contributed by atoms with Crippen molar-refractivity contribution >= 4 is 16.6 Å². The fourth-order valence-corrected chi connectivity index (χ4v) is 2.96. The van der Waals surface area contributed by atoms with E-state index < -0.39 is 0 Å². The highest BCUT2D eigenvalue weighted by Crippen LogP contribution is 2.33. The zero-order valence-electron chi connectivity index (χ0n) is 10.5. The molecule has 0 aliphatic heterocycles. The van der Waals surface area contributed by atoms with Crippen LogP contribution in [0.5, 0.6) is 0 Å². The highest BCUT2D eigenvalue weighted by molar-refractivity contribution is 6.12. The minimum atomic E-state index is 0.120. The Morgan fingerprint density at radius 2 is 1.71 bits per heavy atom. The number of hydrogen-bond acceptors (Lipinski definition) is 1. The molecule has 1 aliphatic carbocycles. The first-order valence-electron chi connectivity index (χ1n) is 6.14. The maximum absolute atomic E-state index is 12.2. The second-order valence-electron chi connectivity index (χ2n) is 5.30. The Balaban J connectivity index is 2.48. The van der Waals surface area contributed by atoms with Crippen LogP contribution < -0.4 is 0 Å². The molecule has 0 saturated heterocycles. The molecule has 0 heterocycles. The van der Waals surface area contributed by atoms with Gasteiger partial charge in [0, 0.05) is 11.5 Å². The predicted octanol–water partition coefficient (Wildman–Crippen LogP) is 3.83. The van der Waals surface area contributed by atoms with Gasteiger partial charge < -0.3 is 0 Å². The topological polar surface area (TPSA) is 17.1 Å². The lowest BCUT2D eigenvalue weighted by Gasteiger charge is -2.22. The van der Waals surface area contributed by atoms with Crippen molar-refractivity contribution in [2.45, 2.75) is 27.2 Å². The quantitative estimate of drug-likeness (QED) is 0.664. The van der Waals surface area contributed by atoms with E-state index in [1.165, 1.54) is 27.5 Å². The van der Waals surface area contributed by atoms with E-state index in [1.807, 2.05) is 13.0 Å². The van der Waals surface area contributed by atoms with Crippen LogP contribution in [0.4, 0.5) is 0 Å². The van der Waals surface area contributed by atoms with Crippen molar-refractivity contribution in [2.24, 2.45) is 5.92 Å². The summed E-state index contributed by atoms with van der Waals surface area (Å²) in [6.07, 6.45) is 0.882. The number of Topliss-reactive ketones (excluding diaryl/α,β-unsaturated/α-hetero) is 1. The summed E-state index contributed by atoms with van der Waals surface area (Å²) in [5.74, 6) is 0.421. The van der Waals surface area contributed by atoms with E-state index >= 15 is 0 Å². The molecule has 1 heteroatoms. The smallest absolute Gasteiger partial charge is 0.166 e. The molecular formula is C16H16O. The van der Waals surface area contributed by atoms with Gasteiger partial charge in [-0.2, -0.15) is 0 Å². The van der Waals surface area contributed by atoms with Crippen LogP contribution in [-0.2, 0) is 6.42 Å². The first-order chi connectivity index (χ1) is 8.06. The van der Waals surface area contributed by atoms with Crippen molar-refractivity contribution < 1.29 is 4.79 Å². The summed E-state index contributed by atoms with van der Waals surface area (Å²) in [5, 5.41) is 2.40. The van der Waals surface area contributed by atoms with Gasteiger partial charge in [0.15, 0.2) is 5.78 Å². The maximum atomic E-state index is 12.2. The third kappa shape index (κ3) is 1.49. The van der Waals surface area contributed by atoms with Crippen LogP contribution in [0.2, 0.25) is 0 Å². The molecule has 86 valence electrons. The molecule has 0 saturated carbocycles. The van der Waals surface area contributed by atoms with Crippen molar-refractivity contribution in [3.63, 3.8) is 0 Å². The lowest BCUT2D eigenvalue weighted by molar-refractivity contribution is 0.0927. The van der Waals surface area contributed by atoms with Gasteiger partial charge in [0.05, 0.1) is 0 Å². The lowest BCUT2D eigenvalue weighted by atomic mass is 9.80. The Morgan fingerprint density at radius 1 is 1.06 bits per heavy atom. The largest absolute Gasteiger partial charge is 0.294 e. The minimum Gasteiger partial charge on any atom is -0.294 e. The zero-order chi connectivity index (χ0) is 12.2. The van der Waals surface area contributed by atoms with Gasteiger partial charge in [-0.1, -0.05) is 30.7 Å². The normalized spacial score (nSPS) is 18.8. The summed E-state index contributed by atoms with van der Waals surface area (Å²) in [7, 11) is 0. The molecule has 2 aromatic rings. The van der Waals surface area contributed by atoms with E-state index in [1.54, 1.807) is 0 Å². The fourth-order valence-electron chi connectivity index (χ4n) is 2.96. The van der Waals surface area contributed by atoms with Crippen LogP contribution in [-0.4, -0.2) is 5.78 Å². The first kappa shape index (κ1) is 10.5. The van der Waals surface area contributed by atoms with E-state index in [4.69, 9.17) is 0 Å². The van der Waals surface area contributed by atoms with Gasteiger partial charge in [-0.05, 0) is 48.2 Å². The van der Waals surface area contributed by atoms with Gasteiger partial charge in [0.25, 0.3) is 0 Å². The third-order valence-electron chi connectivity index (χ3n) is 3.66. The molecule has 3 rings (SSSR count). The average Bonchev–Trinajstić information content (AvgIpc) is 2.24. The van der Waals surface area contributed by atoms with Crippen LogP contribution in [0, 0.1) is 19.8 Å². The summed E-state index contributed by atoms with van der Waals surface area (Å²) >= 11 is 0. The van der Waals surface area contributed by atoms with Gasteiger partial charge in [0.2, 0.25) is 0 Å². The second kappa shape index (κ2) is 3.43. The molecule has 0 N–H and O–H groups in total. The molecule has 0 amide bonds. The van der Waals surface area contributed by atoms with Gasteiger partial charge in [0.1, 0.15) is 0 Å². The Morgan fingerprint density at radius 3 is 2.41 bits per heavy atom. The van der Waals surface area contributed by atoms with E-state index in [-0.39, 0.29) is 5.92 Å². The van der Waals surface area contributed by atoms with Crippen LogP contribution in [0.15, 0.2) is 24.3 Å². The number of hydrogen-bond donors (Lipinski definition) is 0. The SMILES string of the molecule is Cc1cc2c3c(cc(C)cc3c1)C(=O)C(C)C2. The van der Waals surface area contributed by atoms with Gasteiger partial charge >= 0.3 is 0 Å². The molecular weight excluding hydrogens is 208 g/mol. The van der Waals surface area contributed by atoms with Gasteiger partial charge in [-0.15, -0.1) is 0 Å². The van der Waals surface area contributed by atoms with Crippen LogP contribution in [0.1, 0.15) is 34.0 Å². The summed E-state index contributed by atoms with van der Waals surface area (Å²) in [4.78, 5) is 12.2. The molecule has 0 fully saturated rings.